The Hall–Kier alpha value is -2.64. The second-order valence-electron chi connectivity index (χ2n) is 7.45. The van der Waals surface area contributed by atoms with Crippen molar-refractivity contribution in [3.05, 3.63) is 24.0 Å². The molecule has 2 saturated heterocycles. The maximum atomic E-state index is 12.4. The Bertz CT molecular complexity index is 748. The van der Waals surface area contributed by atoms with Gasteiger partial charge in [-0.25, -0.2) is 4.79 Å². The second-order valence-corrected chi connectivity index (χ2v) is 7.45. The predicted molar refractivity (Wildman–Crippen MR) is 94.4 cm³/mol. The van der Waals surface area contributed by atoms with E-state index in [2.05, 4.69) is 26.6 Å². The number of nitrogens with zero attached hydrogens (tertiary/aromatic N) is 3. The summed E-state index contributed by atoms with van der Waals surface area (Å²) in [4.78, 5) is 43.1. The van der Waals surface area contributed by atoms with Gasteiger partial charge in [0.05, 0.1) is 6.04 Å². The summed E-state index contributed by atoms with van der Waals surface area (Å²) in [6.45, 7) is 3.51. The summed E-state index contributed by atoms with van der Waals surface area (Å²) in [5, 5.41) is 5.29. The van der Waals surface area contributed by atoms with Crippen LogP contribution in [0.15, 0.2) is 18.3 Å². The number of pyridine rings is 1. The first-order valence-corrected chi connectivity index (χ1v) is 9.05. The number of rotatable bonds is 5. The zero-order valence-electron chi connectivity index (χ0n) is 14.8. The van der Waals surface area contributed by atoms with Gasteiger partial charge in [0.25, 0.3) is 0 Å². The highest BCUT2D eigenvalue weighted by Crippen LogP contribution is 2.42. The Morgan fingerprint density at radius 3 is 2.81 bits per heavy atom. The molecule has 0 aromatic carbocycles. The van der Waals surface area contributed by atoms with E-state index in [1.807, 2.05) is 19.2 Å². The first-order valence-electron chi connectivity index (χ1n) is 9.05. The number of hydrogen-bond donors (Lipinski definition) is 2. The highest BCUT2D eigenvalue weighted by atomic mass is 16.2. The quantitative estimate of drug-likeness (QED) is 0.738. The van der Waals surface area contributed by atoms with Crippen LogP contribution in [0.4, 0.5) is 10.5 Å². The van der Waals surface area contributed by atoms with Crippen LogP contribution in [0.2, 0.25) is 0 Å². The highest BCUT2D eigenvalue weighted by molar-refractivity contribution is 6.03. The Morgan fingerprint density at radius 1 is 1.35 bits per heavy atom. The maximum absolute atomic E-state index is 12.4. The number of carbonyl (C=O) groups excluding carboxylic acids is 3. The van der Waals surface area contributed by atoms with Gasteiger partial charge in [0.2, 0.25) is 11.8 Å². The van der Waals surface area contributed by atoms with E-state index in [1.165, 1.54) is 17.7 Å². The highest BCUT2D eigenvalue weighted by Gasteiger charge is 2.43. The van der Waals surface area contributed by atoms with Crippen LogP contribution in [0.25, 0.3) is 0 Å². The molecule has 26 heavy (non-hydrogen) atoms. The lowest BCUT2D eigenvalue weighted by atomic mass is 9.98. The number of carbonyl (C=O) groups is 3. The standard InChI is InChI=1S/C18H23N5O3/c1-11-6-13(4-5-19-11)22-7-14(12-2-3-12)15(8-22)20-16(24)9-23-10-17(25)21-18(23)26/h4-6,12,14-15H,2-3,7-10H2,1H3,(H,20,24)(H,21,25,26). The average molecular weight is 357 g/mol. The summed E-state index contributed by atoms with van der Waals surface area (Å²) < 4.78 is 0. The molecule has 3 heterocycles. The van der Waals surface area contributed by atoms with E-state index in [-0.39, 0.29) is 30.9 Å². The summed E-state index contributed by atoms with van der Waals surface area (Å²) in [7, 11) is 0. The molecule has 1 saturated carbocycles. The second kappa shape index (κ2) is 6.59. The van der Waals surface area contributed by atoms with Crippen molar-refractivity contribution < 1.29 is 14.4 Å². The molecule has 3 aliphatic rings. The smallest absolute Gasteiger partial charge is 0.325 e. The lowest BCUT2D eigenvalue weighted by Gasteiger charge is -2.21. The van der Waals surface area contributed by atoms with Gasteiger partial charge in [0, 0.05) is 36.6 Å². The van der Waals surface area contributed by atoms with Crippen molar-refractivity contribution in [3.8, 4) is 0 Å². The monoisotopic (exact) mass is 357 g/mol. The Morgan fingerprint density at radius 2 is 2.15 bits per heavy atom. The third kappa shape index (κ3) is 3.49. The number of nitrogens with one attached hydrogen (secondary N) is 2. The fraction of sp³-hybridized carbons (Fsp3) is 0.556. The van der Waals surface area contributed by atoms with E-state index in [1.54, 1.807) is 0 Å². The summed E-state index contributed by atoms with van der Waals surface area (Å²) in [5.74, 6) is 0.503. The van der Waals surface area contributed by atoms with Gasteiger partial charge < -0.3 is 15.1 Å². The number of hydrogen-bond acceptors (Lipinski definition) is 5. The minimum Gasteiger partial charge on any atom is -0.369 e. The van der Waals surface area contributed by atoms with Gasteiger partial charge in [-0.05, 0) is 37.8 Å². The molecule has 138 valence electrons. The lowest BCUT2D eigenvalue weighted by Crippen LogP contribution is -2.46. The fourth-order valence-corrected chi connectivity index (χ4v) is 3.96. The number of amides is 4. The normalized spacial score (nSPS) is 25.6. The lowest BCUT2D eigenvalue weighted by molar-refractivity contribution is -0.122. The Balaban J connectivity index is 1.40. The Kier molecular flexibility index (Phi) is 4.26. The number of anilines is 1. The van der Waals surface area contributed by atoms with Crippen molar-refractivity contribution in [2.75, 3.05) is 31.1 Å². The first kappa shape index (κ1) is 16.8. The van der Waals surface area contributed by atoms with Crippen molar-refractivity contribution in [3.63, 3.8) is 0 Å². The van der Waals surface area contributed by atoms with Gasteiger partial charge in [0.15, 0.2) is 0 Å². The molecule has 4 rings (SSSR count). The third-order valence-electron chi connectivity index (χ3n) is 5.39. The molecular weight excluding hydrogens is 334 g/mol. The molecule has 2 unspecified atom stereocenters. The van der Waals surface area contributed by atoms with E-state index in [9.17, 15) is 14.4 Å². The fourth-order valence-electron chi connectivity index (χ4n) is 3.96. The molecule has 4 amide bonds. The molecule has 8 nitrogen and oxygen atoms in total. The topological polar surface area (TPSA) is 94.6 Å². The zero-order chi connectivity index (χ0) is 18.3. The van der Waals surface area contributed by atoms with E-state index in [4.69, 9.17) is 0 Å². The molecule has 8 heteroatoms. The summed E-state index contributed by atoms with van der Waals surface area (Å²) in [6.07, 6.45) is 4.23. The average Bonchev–Trinajstić information content (AvgIpc) is 3.27. The van der Waals surface area contributed by atoms with Gasteiger partial charge in [0.1, 0.15) is 13.1 Å². The summed E-state index contributed by atoms with van der Waals surface area (Å²) in [6, 6.07) is 3.63. The minimum absolute atomic E-state index is 0.0502. The molecule has 2 aliphatic heterocycles. The van der Waals surface area contributed by atoms with Crippen molar-refractivity contribution in [2.45, 2.75) is 25.8 Å². The van der Waals surface area contributed by atoms with Crippen LogP contribution in [-0.2, 0) is 9.59 Å². The van der Waals surface area contributed by atoms with Gasteiger partial charge in [-0.2, -0.15) is 0 Å². The van der Waals surface area contributed by atoms with Crippen molar-refractivity contribution in [1.29, 1.82) is 0 Å². The van der Waals surface area contributed by atoms with Crippen LogP contribution in [-0.4, -0.2) is 60.0 Å². The maximum Gasteiger partial charge on any atom is 0.325 e. The molecule has 0 spiro atoms. The molecule has 1 aromatic rings. The number of urea groups is 1. The van der Waals surface area contributed by atoms with Gasteiger partial charge in [-0.3, -0.25) is 19.9 Å². The van der Waals surface area contributed by atoms with E-state index < -0.39 is 6.03 Å². The molecule has 2 atom stereocenters. The molecule has 3 fully saturated rings. The molecule has 1 aromatic heterocycles. The van der Waals surface area contributed by atoms with Gasteiger partial charge in [-0.15, -0.1) is 0 Å². The third-order valence-corrected chi connectivity index (χ3v) is 5.39. The van der Waals surface area contributed by atoms with Crippen LogP contribution < -0.4 is 15.5 Å². The van der Waals surface area contributed by atoms with E-state index >= 15 is 0 Å². The zero-order valence-corrected chi connectivity index (χ0v) is 14.8. The number of aromatic nitrogens is 1. The predicted octanol–water partition coefficient (Wildman–Crippen LogP) is 0.273. The van der Waals surface area contributed by atoms with Gasteiger partial charge in [-0.1, -0.05) is 0 Å². The van der Waals surface area contributed by atoms with Crippen molar-refractivity contribution >= 4 is 23.5 Å². The van der Waals surface area contributed by atoms with Crippen molar-refractivity contribution in [1.82, 2.24) is 20.5 Å². The number of imide groups is 1. The molecule has 1 aliphatic carbocycles. The molecular formula is C18H23N5O3. The van der Waals surface area contributed by atoms with E-state index in [0.29, 0.717) is 11.8 Å². The number of aryl methyl sites for hydroxylation is 1. The SMILES string of the molecule is Cc1cc(N2CC(NC(=O)CN3CC(=O)NC3=O)C(C3CC3)C2)ccn1. The van der Waals surface area contributed by atoms with Crippen LogP contribution in [0, 0.1) is 18.8 Å². The van der Waals surface area contributed by atoms with Crippen LogP contribution in [0.1, 0.15) is 18.5 Å². The van der Waals surface area contributed by atoms with Crippen molar-refractivity contribution in [2.24, 2.45) is 11.8 Å². The van der Waals surface area contributed by atoms with Crippen LogP contribution in [0.3, 0.4) is 0 Å². The van der Waals surface area contributed by atoms with Crippen LogP contribution >= 0.6 is 0 Å². The summed E-state index contributed by atoms with van der Waals surface area (Å²) in [5.41, 5.74) is 2.10. The summed E-state index contributed by atoms with van der Waals surface area (Å²) >= 11 is 0. The molecule has 0 radical (unpaired) electrons. The minimum atomic E-state index is -0.496. The molecule has 2 N–H and O–H groups in total. The van der Waals surface area contributed by atoms with Gasteiger partial charge >= 0.3 is 6.03 Å². The molecule has 0 bridgehead atoms. The largest absolute Gasteiger partial charge is 0.369 e. The Labute approximate surface area is 151 Å². The first-order chi connectivity index (χ1) is 12.5. The van der Waals surface area contributed by atoms with Crippen LogP contribution in [0.5, 0.6) is 0 Å². The van der Waals surface area contributed by atoms with E-state index in [0.717, 1.165) is 24.5 Å².